The lowest BCUT2D eigenvalue weighted by Gasteiger charge is -2.29. The molecule has 0 aromatic heterocycles. The Bertz CT molecular complexity index is 1170. The monoisotopic (exact) mass is 412 g/mol. The topological polar surface area (TPSA) is 65.5 Å². The van der Waals surface area contributed by atoms with Gasteiger partial charge in [-0.15, -0.1) is 0 Å². The Morgan fingerprint density at radius 2 is 1.74 bits per heavy atom. The Morgan fingerprint density at radius 1 is 0.935 bits per heavy atom. The van der Waals surface area contributed by atoms with Gasteiger partial charge in [-0.1, -0.05) is 48.0 Å². The quantitative estimate of drug-likeness (QED) is 0.462. The number of benzene rings is 3. The SMILES string of the molecule is Cc1ccc(C2CC(=NNC(=O)Nc3ccc(C)c(C)c3)c3ccccc3N2)c(C)c1. The summed E-state index contributed by atoms with van der Waals surface area (Å²) < 4.78 is 0. The number of rotatable bonds is 3. The fourth-order valence-corrected chi connectivity index (χ4v) is 4.01. The molecule has 1 aliphatic rings. The van der Waals surface area contributed by atoms with Crippen molar-refractivity contribution in [2.75, 3.05) is 10.6 Å². The number of anilines is 2. The minimum absolute atomic E-state index is 0.0962. The van der Waals surface area contributed by atoms with Gasteiger partial charge >= 0.3 is 6.03 Å². The summed E-state index contributed by atoms with van der Waals surface area (Å²) in [5, 5.41) is 11.0. The van der Waals surface area contributed by atoms with Crippen LogP contribution in [0.15, 0.2) is 65.8 Å². The number of aryl methyl sites for hydroxylation is 4. The molecule has 3 aromatic carbocycles. The summed E-state index contributed by atoms with van der Waals surface area (Å²) in [4.78, 5) is 12.5. The van der Waals surface area contributed by atoms with Crippen molar-refractivity contribution in [2.45, 2.75) is 40.2 Å². The van der Waals surface area contributed by atoms with Crippen LogP contribution in [-0.4, -0.2) is 11.7 Å². The van der Waals surface area contributed by atoms with Gasteiger partial charge in [0, 0.05) is 23.4 Å². The van der Waals surface area contributed by atoms with Crippen molar-refractivity contribution in [3.8, 4) is 0 Å². The van der Waals surface area contributed by atoms with Crippen LogP contribution in [0.1, 0.15) is 45.8 Å². The van der Waals surface area contributed by atoms with Crippen LogP contribution >= 0.6 is 0 Å². The van der Waals surface area contributed by atoms with E-state index in [0.717, 1.165) is 28.2 Å². The molecule has 2 amide bonds. The summed E-state index contributed by atoms with van der Waals surface area (Å²) in [6.07, 6.45) is 0.685. The van der Waals surface area contributed by atoms with Gasteiger partial charge in [0.05, 0.1) is 11.8 Å². The number of hydrogen-bond acceptors (Lipinski definition) is 3. The van der Waals surface area contributed by atoms with Gasteiger partial charge < -0.3 is 10.6 Å². The number of para-hydroxylation sites is 1. The van der Waals surface area contributed by atoms with Crippen LogP contribution in [-0.2, 0) is 0 Å². The van der Waals surface area contributed by atoms with Gasteiger partial charge in [0.25, 0.3) is 0 Å². The summed E-state index contributed by atoms with van der Waals surface area (Å²) in [6.45, 7) is 8.31. The summed E-state index contributed by atoms with van der Waals surface area (Å²) in [5.41, 5.74) is 12.4. The van der Waals surface area contributed by atoms with Crippen LogP contribution in [0.3, 0.4) is 0 Å². The molecule has 31 heavy (non-hydrogen) atoms. The molecule has 0 aliphatic carbocycles. The third-order valence-corrected chi connectivity index (χ3v) is 5.82. The Balaban J connectivity index is 1.56. The predicted molar refractivity (Wildman–Crippen MR) is 128 cm³/mol. The molecule has 1 atom stereocenters. The number of nitrogens with one attached hydrogen (secondary N) is 3. The highest BCUT2D eigenvalue weighted by Gasteiger charge is 2.25. The van der Waals surface area contributed by atoms with Crippen LogP contribution in [0.2, 0.25) is 0 Å². The van der Waals surface area contributed by atoms with E-state index in [0.29, 0.717) is 6.42 Å². The molecule has 3 N–H and O–H groups in total. The molecule has 1 aliphatic heterocycles. The third kappa shape index (κ3) is 4.61. The number of nitrogens with zero attached hydrogens (tertiary/aromatic N) is 1. The zero-order chi connectivity index (χ0) is 22.0. The van der Waals surface area contributed by atoms with Crippen molar-refractivity contribution in [2.24, 2.45) is 5.10 Å². The largest absolute Gasteiger partial charge is 0.377 e. The van der Waals surface area contributed by atoms with Gasteiger partial charge in [-0.25, -0.2) is 10.2 Å². The van der Waals surface area contributed by atoms with Gasteiger partial charge in [-0.2, -0.15) is 5.10 Å². The molecule has 1 unspecified atom stereocenters. The van der Waals surface area contributed by atoms with Crippen LogP contribution in [0.5, 0.6) is 0 Å². The van der Waals surface area contributed by atoms with Crippen LogP contribution in [0, 0.1) is 27.7 Å². The Hall–Kier alpha value is -3.60. The van der Waals surface area contributed by atoms with E-state index >= 15 is 0 Å². The average Bonchev–Trinajstić information content (AvgIpc) is 2.74. The minimum atomic E-state index is -0.352. The van der Waals surface area contributed by atoms with Crippen molar-refractivity contribution in [3.63, 3.8) is 0 Å². The molecular formula is C26H28N4O. The number of hydrogen-bond donors (Lipinski definition) is 3. The second-order valence-corrected chi connectivity index (χ2v) is 8.23. The van der Waals surface area contributed by atoms with E-state index in [2.05, 4.69) is 59.3 Å². The van der Waals surface area contributed by atoms with Gasteiger partial charge in [0.2, 0.25) is 0 Å². The van der Waals surface area contributed by atoms with Crippen molar-refractivity contribution in [3.05, 3.63) is 94.0 Å². The summed E-state index contributed by atoms with van der Waals surface area (Å²) in [7, 11) is 0. The number of urea groups is 1. The molecule has 0 bridgehead atoms. The molecule has 0 radical (unpaired) electrons. The first kappa shape index (κ1) is 20.7. The summed E-state index contributed by atoms with van der Waals surface area (Å²) in [5.74, 6) is 0. The van der Waals surface area contributed by atoms with Crippen LogP contribution in [0.4, 0.5) is 16.2 Å². The van der Waals surface area contributed by atoms with E-state index in [1.165, 1.54) is 22.3 Å². The van der Waals surface area contributed by atoms with Gasteiger partial charge in [-0.3, -0.25) is 0 Å². The molecule has 0 spiro atoms. The maximum atomic E-state index is 12.5. The molecule has 0 saturated heterocycles. The number of carbonyl (C=O) groups is 1. The highest BCUT2D eigenvalue weighted by atomic mass is 16.2. The molecule has 0 saturated carbocycles. The Morgan fingerprint density at radius 3 is 2.52 bits per heavy atom. The summed E-state index contributed by atoms with van der Waals surface area (Å²) in [6, 6.07) is 20.2. The lowest BCUT2D eigenvalue weighted by molar-refractivity contribution is 0.252. The maximum absolute atomic E-state index is 12.5. The van der Waals surface area contributed by atoms with E-state index in [4.69, 9.17) is 0 Å². The number of fused-ring (bicyclic) bond motifs is 1. The first-order valence-corrected chi connectivity index (χ1v) is 10.5. The second kappa shape index (κ2) is 8.64. The molecular weight excluding hydrogens is 384 g/mol. The third-order valence-electron chi connectivity index (χ3n) is 5.82. The molecule has 1 heterocycles. The first-order valence-electron chi connectivity index (χ1n) is 10.5. The first-order chi connectivity index (χ1) is 14.9. The van der Waals surface area contributed by atoms with Crippen LogP contribution in [0.25, 0.3) is 0 Å². The zero-order valence-electron chi connectivity index (χ0n) is 18.4. The Kier molecular flexibility index (Phi) is 5.76. The number of carbonyl (C=O) groups excluding carboxylic acids is 1. The van der Waals surface area contributed by atoms with Crippen molar-refractivity contribution < 1.29 is 4.79 Å². The lowest BCUT2D eigenvalue weighted by Crippen LogP contribution is -2.29. The maximum Gasteiger partial charge on any atom is 0.339 e. The average molecular weight is 413 g/mol. The molecule has 5 nitrogen and oxygen atoms in total. The lowest BCUT2D eigenvalue weighted by atomic mass is 9.89. The highest BCUT2D eigenvalue weighted by molar-refractivity contribution is 6.07. The van der Waals surface area contributed by atoms with Crippen molar-refractivity contribution in [1.82, 2.24) is 5.43 Å². The van der Waals surface area contributed by atoms with Crippen molar-refractivity contribution >= 4 is 23.1 Å². The van der Waals surface area contributed by atoms with E-state index < -0.39 is 0 Å². The van der Waals surface area contributed by atoms with Gasteiger partial charge in [0.1, 0.15) is 0 Å². The second-order valence-electron chi connectivity index (χ2n) is 8.23. The molecule has 0 fully saturated rings. The van der Waals surface area contributed by atoms with E-state index in [9.17, 15) is 4.79 Å². The van der Waals surface area contributed by atoms with E-state index in [1.54, 1.807) is 0 Å². The fraction of sp³-hybridized carbons (Fsp3) is 0.231. The highest BCUT2D eigenvalue weighted by Crippen LogP contribution is 2.34. The fourth-order valence-electron chi connectivity index (χ4n) is 4.01. The molecule has 3 aromatic rings. The smallest absolute Gasteiger partial charge is 0.339 e. The number of amides is 2. The van der Waals surface area contributed by atoms with Crippen LogP contribution < -0.4 is 16.1 Å². The minimum Gasteiger partial charge on any atom is -0.377 e. The standard InChI is InChI=1S/C26H28N4O/c1-16-9-12-21(19(4)13-16)24-15-25(22-7-5-6-8-23(22)28-24)29-30-26(31)27-20-11-10-17(2)18(3)14-20/h5-14,24,28H,15H2,1-4H3,(H2,27,30,31). The molecule has 5 heteroatoms. The van der Waals surface area contributed by atoms with Crippen molar-refractivity contribution in [1.29, 1.82) is 0 Å². The molecule has 158 valence electrons. The van der Waals surface area contributed by atoms with E-state index in [-0.39, 0.29) is 12.1 Å². The molecule has 4 rings (SSSR count). The van der Waals surface area contributed by atoms with E-state index in [1.807, 2.05) is 50.2 Å². The van der Waals surface area contributed by atoms with Gasteiger partial charge in [-0.05, 0) is 68.1 Å². The Labute approximate surface area is 183 Å². The normalized spacial score (nSPS) is 16.4. The van der Waals surface area contributed by atoms with Gasteiger partial charge in [0.15, 0.2) is 0 Å². The predicted octanol–water partition coefficient (Wildman–Crippen LogP) is 6.00. The number of hydrazone groups is 1. The zero-order valence-corrected chi connectivity index (χ0v) is 18.4. The summed E-state index contributed by atoms with van der Waals surface area (Å²) >= 11 is 0.